The summed E-state index contributed by atoms with van der Waals surface area (Å²) in [5.41, 5.74) is 1.97. The van der Waals surface area contributed by atoms with Crippen molar-refractivity contribution in [1.82, 2.24) is 0 Å². The van der Waals surface area contributed by atoms with Gasteiger partial charge in [-0.1, -0.05) is 36.4 Å². The number of nitro benzene ring substituents is 2. The monoisotopic (exact) mass is 444 g/mol. The highest BCUT2D eigenvalue weighted by atomic mass is 16.6. The minimum Gasteiger partial charge on any atom is -0.502 e. The molecule has 1 aliphatic rings. The Kier molecular flexibility index (Phi) is 5.45. The smallest absolute Gasteiger partial charge is 0.311 e. The van der Waals surface area contributed by atoms with Crippen molar-refractivity contribution in [2.24, 2.45) is 0 Å². The minimum absolute atomic E-state index is 0.288. The van der Waals surface area contributed by atoms with E-state index in [1.165, 1.54) is 48.6 Å². The van der Waals surface area contributed by atoms with Crippen molar-refractivity contribution in [1.29, 1.82) is 0 Å². The fourth-order valence-electron chi connectivity index (χ4n) is 3.70. The first-order valence-corrected chi connectivity index (χ1v) is 9.74. The molecule has 3 aromatic rings. The third kappa shape index (κ3) is 4.19. The maximum atomic E-state index is 13.4. The zero-order valence-corrected chi connectivity index (χ0v) is 17.0. The van der Waals surface area contributed by atoms with Gasteiger partial charge in [0.25, 0.3) is 0 Å². The van der Waals surface area contributed by atoms with Crippen molar-refractivity contribution < 1.29 is 24.9 Å². The number of nitro groups is 2. The number of nitrogens with zero attached hydrogens (tertiary/aromatic N) is 2. The predicted octanol–water partition coefficient (Wildman–Crippen LogP) is 4.66. The minimum atomic E-state index is -0.711. The molecule has 0 heterocycles. The fourth-order valence-corrected chi connectivity index (χ4v) is 3.70. The van der Waals surface area contributed by atoms with Crippen LogP contribution in [0.4, 0.5) is 11.4 Å². The molecular weight excluding hydrogens is 428 g/mol. The maximum absolute atomic E-state index is 13.4. The van der Waals surface area contributed by atoms with E-state index in [1.807, 2.05) is 12.1 Å². The molecule has 0 unspecified atom stereocenters. The highest BCUT2D eigenvalue weighted by Gasteiger charge is 2.26. The second-order valence-electron chi connectivity index (χ2n) is 7.40. The van der Waals surface area contributed by atoms with E-state index in [2.05, 4.69) is 0 Å². The average Bonchev–Trinajstić information content (AvgIpc) is 2.78. The van der Waals surface area contributed by atoms with Gasteiger partial charge >= 0.3 is 11.4 Å². The third-order valence-electron chi connectivity index (χ3n) is 5.27. The van der Waals surface area contributed by atoms with E-state index in [9.17, 15) is 35.2 Å². The van der Waals surface area contributed by atoms with Crippen LogP contribution in [0.15, 0.2) is 66.2 Å². The molecule has 0 spiro atoms. The number of phenolic OH excluding ortho intramolecular Hbond substituents is 2. The normalized spacial score (nSPS) is 15.5. The number of rotatable bonds is 4. The zero-order chi connectivity index (χ0) is 23.7. The summed E-state index contributed by atoms with van der Waals surface area (Å²) in [5.74, 6) is -1.29. The van der Waals surface area contributed by atoms with Crippen LogP contribution < -0.4 is 0 Å². The number of allylic oxidation sites excluding steroid dienone is 2. The molecule has 0 saturated carbocycles. The first-order valence-electron chi connectivity index (χ1n) is 9.74. The Hall–Kier alpha value is -4.79. The van der Waals surface area contributed by atoms with Gasteiger partial charge in [0.15, 0.2) is 17.3 Å². The number of carbonyl (C=O) groups excluding carboxylic acids is 1. The molecule has 3 aromatic carbocycles. The van der Waals surface area contributed by atoms with Crippen molar-refractivity contribution in [3.05, 3.63) is 109 Å². The largest absolute Gasteiger partial charge is 0.502 e. The van der Waals surface area contributed by atoms with E-state index >= 15 is 0 Å². The van der Waals surface area contributed by atoms with Gasteiger partial charge in [-0.15, -0.1) is 0 Å². The molecule has 0 fully saturated rings. The molecule has 0 saturated heterocycles. The Morgan fingerprint density at radius 2 is 1.33 bits per heavy atom. The quantitative estimate of drug-likeness (QED) is 0.338. The highest BCUT2D eigenvalue weighted by molar-refractivity contribution is 6.35. The number of fused-ring (bicyclic) bond motifs is 1. The summed E-state index contributed by atoms with van der Waals surface area (Å²) in [7, 11) is 0. The molecular formula is C24H16N2O7. The molecule has 9 heteroatoms. The molecule has 4 rings (SSSR count). The SMILES string of the molecule is O=C1/C(=C/c2ccc(O)c([N+](=O)[O-])c2)Cc2ccccc2/C1=C\c1ccc(O)c([N+](=O)[O-])c1. The predicted molar refractivity (Wildman–Crippen MR) is 121 cm³/mol. The van der Waals surface area contributed by atoms with Gasteiger partial charge in [-0.05, 0) is 46.5 Å². The summed E-state index contributed by atoms with van der Waals surface area (Å²) in [4.78, 5) is 34.2. The number of benzene rings is 3. The number of aromatic hydroxyl groups is 2. The lowest BCUT2D eigenvalue weighted by Gasteiger charge is -2.21. The molecule has 0 aliphatic heterocycles. The van der Waals surface area contributed by atoms with E-state index in [0.29, 0.717) is 27.8 Å². The van der Waals surface area contributed by atoms with Crippen molar-refractivity contribution in [3.63, 3.8) is 0 Å². The molecule has 0 amide bonds. The highest BCUT2D eigenvalue weighted by Crippen LogP contribution is 2.36. The van der Waals surface area contributed by atoms with Gasteiger partial charge in [0.2, 0.25) is 0 Å². The van der Waals surface area contributed by atoms with Crippen molar-refractivity contribution in [3.8, 4) is 11.5 Å². The van der Waals surface area contributed by atoms with Crippen LogP contribution in [0.5, 0.6) is 11.5 Å². The molecule has 164 valence electrons. The fraction of sp³-hybridized carbons (Fsp3) is 0.0417. The molecule has 0 bridgehead atoms. The summed E-state index contributed by atoms with van der Waals surface area (Å²) >= 11 is 0. The maximum Gasteiger partial charge on any atom is 0.311 e. The second-order valence-corrected chi connectivity index (χ2v) is 7.40. The van der Waals surface area contributed by atoms with Crippen LogP contribution in [0.25, 0.3) is 17.7 Å². The lowest BCUT2D eigenvalue weighted by Crippen LogP contribution is -2.16. The first-order chi connectivity index (χ1) is 15.7. The van der Waals surface area contributed by atoms with Gasteiger partial charge in [-0.2, -0.15) is 0 Å². The lowest BCUT2D eigenvalue weighted by molar-refractivity contribution is -0.386. The topological polar surface area (TPSA) is 144 Å². The summed E-state index contributed by atoms with van der Waals surface area (Å²) < 4.78 is 0. The molecule has 2 N–H and O–H groups in total. The molecule has 9 nitrogen and oxygen atoms in total. The second kappa shape index (κ2) is 8.39. The molecule has 0 radical (unpaired) electrons. The van der Waals surface area contributed by atoms with Crippen LogP contribution in [0, 0.1) is 20.2 Å². The Morgan fingerprint density at radius 3 is 1.91 bits per heavy atom. The summed E-state index contributed by atoms with van der Waals surface area (Å²) in [6, 6.07) is 14.9. The van der Waals surface area contributed by atoms with Crippen LogP contribution in [0.1, 0.15) is 22.3 Å². The number of hydrogen-bond acceptors (Lipinski definition) is 7. The number of carbonyl (C=O) groups is 1. The Bertz CT molecular complexity index is 1390. The van der Waals surface area contributed by atoms with Gasteiger partial charge in [0.1, 0.15) is 0 Å². The van der Waals surface area contributed by atoms with Crippen LogP contribution in [0.2, 0.25) is 0 Å². The van der Waals surface area contributed by atoms with Crippen LogP contribution in [-0.2, 0) is 11.2 Å². The Labute approximate surface area is 186 Å². The van der Waals surface area contributed by atoms with Crippen LogP contribution in [-0.4, -0.2) is 25.8 Å². The molecule has 33 heavy (non-hydrogen) atoms. The van der Waals surface area contributed by atoms with Gasteiger partial charge < -0.3 is 10.2 Å². The third-order valence-corrected chi connectivity index (χ3v) is 5.27. The first kappa shape index (κ1) is 21.4. The van der Waals surface area contributed by atoms with Gasteiger partial charge in [0, 0.05) is 29.7 Å². The van der Waals surface area contributed by atoms with Crippen molar-refractivity contribution in [2.45, 2.75) is 6.42 Å². The molecule has 0 atom stereocenters. The number of Topliss-reactive ketones (excluding diaryl/α,β-unsaturated/α-hetero) is 1. The van der Waals surface area contributed by atoms with Gasteiger partial charge in [-0.3, -0.25) is 25.0 Å². The van der Waals surface area contributed by atoms with E-state index < -0.39 is 32.7 Å². The average molecular weight is 444 g/mol. The number of ketones is 1. The van der Waals surface area contributed by atoms with Gasteiger partial charge in [0.05, 0.1) is 9.85 Å². The van der Waals surface area contributed by atoms with Crippen molar-refractivity contribution >= 4 is 34.9 Å². The number of hydrogen-bond donors (Lipinski definition) is 2. The summed E-state index contributed by atoms with van der Waals surface area (Å²) in [5, 5.41) is 41.7. The van der Waals surface area contributed by atoms with Crippen molar-refractivity contribution in [2.75, 3.05) is 0 Å². The van der Waals surface area contributed by atoms with E-state index in [4.69, 9.17) is 0 Å². The van der Waals surface area contributed by atoms with Crippen LogP contribution >= 0.6 is 0 Å². The van der Waals surface area contributed by atoms with E-state index in [0.717, 1.165) is 5.56 Å². The summed E-state index contributed by atoms with van der Waals surface area (Å²) in [6.45, 7) is 0. The summed E-state index contributed by atoms with van der Waals surface area (Å²) in [6.07, 6.45) is 3.33. The van der Waals surface area contributed by atoms with Crippen LogP contribution in [0.3, 0.4) is 0 Å². The zero-order valence-electron chi connectivity index (χ0n) is 17.0. The van der Waals surface area contributed by atoms with E-state index in [1.54, 1.807) is 12.1 Å². The standard InChI is InChI=1S/C24H16N2O7/c27-22-7-5-14(11-20(22)25(30)31)9-17-13-16-3-1-2-4-18(16)19(24(17)29)10-15-6-8-23(28)21(12-15)26(32)33/h1-12,27-28H,13H2/b17-9+,19-10+. The Balaban J connectivity index is 1.83. The lowest BCUT2D eigenvalue weighted by atomic mass is 9.81. The Morgan fingerprint density at radius 1 is 0.788 bits per heavy atom. The number of phenols is 2. The molecule has 0 aromatic heterocycles. The van der Waals surface area contributed by atoms with E-state index in [-0.39, 0.29) is 12.2 Å². The van der Waals surface area contributed by atoms with Gasteiger partial charge in [-0.25, -0.2) is 0 Å². The molecule has 1 aliphatic carbocycles.